The van der Waals surface area contributed by atoms with Crippen molar-refractivity contribution in [2.45, 2.75) is 11.7 Å². The van der Waals surface area contributed by atoms with Gasteiger partial charge in [-0.2, -0.15) is 0 Å². The molecule has 2 N–H and O–H groups in total. The third-order valence-corrected chi connectivity index (χ3v) is 4.18. The van der Waals surface area contributed by atoms with Crippen molar-refractivity contribution in [3.8, 4) is 10.7 Å². The van der Waals surface area contributed by atoms with Gasteiger partial charge >= 0.3 is 5.97 Å². The van der Waals surface area contributed by atoms with Gasteiger partial charge in [0, 0.05) is 7.05 Å². The molecule has 0 radical (unpaired) electrons. The molecule has 0 aliphatic carbocycles. The van der Waals surface area contributed by atoms with E-state index in [9.17, 15) is 9.59 Å². The van der Waals surface area contributed by atoms with Crippen molar-refractivity contribution in [1.29, 1.82) is 0 Å². The number of thiophene rings is 1. The Morgan fingerprint density at radius 3 is 2.90 bits per heavy atom. The van der Waals surface area contributed by atoms with E-state index in [2.05, 4.69) is 15.5 Å². The van der Waals surface area contributed by atoms with E-state index in [1.807, 2.05) is 17.5 Å². The lowest BCUT2D eigenvalue weighted by Crippen LogP contribution is -2.24. The van der Waals surface area contributed by atoms with Gasteiger partial charge in [-0.1, -0.05) is 17.8 Å². The monoisotopic (exact) mass is 312 g/mol. The topological polar surface area (TPSA) is 97.1 Å². The van der Waals surface area contributed by atoms with Crippen molar-refractivity contribution in [3.05, 3.63) is 17.5 Å². The number of thioether (sulfide) groups is 1. The van der Waals surface area contributed by atoms with Gasteiger partial charge in [-0.15, -0.1) is 21.5 Å². The number of likely N-dealkylation sites (N-methyl/N-ethyl adjacent to an activating group) is 1. The van der Waals surface area contributed by atoms with Crippen LogP contribution in [-0.2, 0) is 16.1 Å². The Hall–Kier alpha value is -1.87. The van der Waals surface area contributed by atoms with E-state index < -0.39 is 5.97 Å². The van der Waals surface area contributed by atoms with E-state index >= 15 is 0 Å². The number of rotatable bonds is 6. The Balaban J connectivity index is 2.32. The molecule has 0 aliphatic rings. The Morgan fingerprint density at radius 1 is 1.50 bits per heavy atom. The molecule has 2 aromatic heterocycles. The summed E-state index contributed by atoms with van der Waals surface area (Å²) in [5, 5.41) is 21.6. The van der Waals surface area contributed by atoms with E-state index in [-0.39, 0.29) is 18.2 Å². The first-order valence-corrected chi connectivity index (χ1v) is 7.50. The fourth-order valence-corrected chi connectivity index (χ4v) is 2.85. The van der Waals surface area contributed by atoms with Crippen molar-refractivity contribution in [2.75, 3.05) is 12.8 Å². The summed E-state index contributed by atoms with van der Waals surface area (Å²) in [5.41, 5.74) is 0. The molecule has 2 heterocycles. The highest BCUT2D eigenvalue weighted by Gasteiger charge is 2.17. The summed E-state index contributed by atoms with van der Waals surface area (Å²) in [7, 11) is 1.54. The van der Waals surface area contributed by atoms with Crippen LogP contribution in [0.15, 0.2) is 22.7 Å². The molecule has 0 saturated carbocycles. The second-order valence-electron chi connectivity index (χ2n) is 3.73. The molecule has 0 saturated heterocycles. The number of aromatic nitrogens is 3. The molecule has 106 valence electrons. The smallest absolute Gasteiger partial charge is 0.313 e. The summed E-state index contributed by atoms with van der Waals surface area (Å²) >= 11 is 2.52. The standard InChI is InChI=1S/C11H12N4O3S2/c1-12-8(16)5-15-10(7-3-2-4-19-7)13-14-11(15)20-6-9(17)18/h2-4H,5-6H2,1H3,(H,12,16)(H,17,18). The normalized spacial score (nSPS) is 10.4. The van der Waals surface area contributed by atoms with Gasteiger partial charge in [-0.25, -0.2) is 0 Å². The molecule has 0 bridgehead atoms. The molecule has 9 heteroatoms. The van der Waals surface area contributed by atoms with Crippen LogP contribution in [0.25, 0.3) is 10.7 Å². The van der Waals surface area contributed by atoms with Crippen LogP contribution in [0.3, 0.4) is 0 Å². The molecule has 0 atom stereocenters. The molecular formula is C11H12N4O3S2. The number of hydrogen-bond acceptors (Lipinski definition) is 6. The number of carboxylic acid groups (broad SMARTS) is 1. The summed E-state index contributed by atoms with van der Waals surface area (Å²) in [4.78, 5) is 23.1. The lowest BCUT2D eigenvalue weighted by Gasteiger charge is -2.07. The highest BCUT2D eigenvalue weighted by molar-refractivity contribution is 7.99. The number of carboxylic acids is 1. The minimum Gasteiger partial charge on any atom is -0.481 e. The third-order valence-electron chi connectivity index (χ3n) is 2.36. The average molecular weight is 312 g/mol. The number of nitrogens with zero attached hydrogens (tertiary/aromatic N) is 3. The summed E-state index contributed by atoms with van der Waals surface area (Å²) < 4.78 is 1.62. The molecule has 20 heavy (non-hydrogen) atoms. The number of hydrogen-bond donors (Lipinski definition) is 2. The van der Waals surface area contributed by atoms with E-state index in [1.165, 1.54) is 11.3 Å². The van der Waals surface area contributed by atoms with Crippen molar-refractivity contribution in [1.82, 2.24) is 20.1 Å². The lowest BCUT2D eigenvalue weighted by atomic mass is 10.4. The van der Waals surface area contributed by atoms with Gasteiger partial charge in [0.25, 0.3) is 0 Å². The van der Waals surface area contributed by atoms with Gasteiger partial charge < -0.3 is 10.4 Å². The highest BCUT2D eigenvalue weighted by atomic mass is 32.2. The van der Waals surface area contributed by atoms with Crippen LogP contribution in [0.4, 0.5) is 0 Å². The lowest BCUT2D eigenvalue weighted by molar-refractivity contribution is -0.133. The molecular weight excluding hydrogens is 300 g/mol. The zero-order valence-corrected chi connectivity index (χ0v) is 12.2. The minimum absolute atomic E-state index is 0.0543. The number of nitrogens with one attached hydrogen (secondary N) is 1. The zero-order valence-electron chi connectivity index (χ0n) is 10.6. The van der Waals surface area contributed by atoms with Crippen LogP contribution in [0.5, 0.6) is 0 Å². The summed E-state index contributed by atoms with van der Waals surface area (Å²) in [6.07, 6.45) is 0. The van der Waals surface area contributed by atoms with Gasteiger partial charge in [0.05, 0.1) is 10.6 Å². The van der Waals surface area contributed by atoms with Crippen molar-refractivity contribution in [3.63, 3.8) is 0 Å². The van der Waals surface area contributed by atoms with Crippen LogP contribution >= 0.6 is 23.1 Å². The van der Waals surface area contributed by atoms with Crippen molar-refractivity contribution >= 4 is 35.0 Å². The Bertz CT molecular complexity index is 609. The molecule has 0 unspecified atom stereocenters. The average Bonchev–Trinajstić information content (AvgIpc) is 3.05. The van der Waals surface area contributed by atoms with E-state index in [0.29, 0.717) is 11.0 Å². The van der Waals surface area contributed by atoms with E-state index in [1.54, 1.807) is 11.6 Å². The van der Waals surface area contributed by atoms with Gasteiger partial charge in [-0.05, 0) is 11.4 Å². The maximum Gasteiger partial charge on any atom is 0.313 e. The van der Waals surface area contributed by atoms with Crippen molar-refractivity contribution < 1.29 is 14.7 Å². The predicted octanol–water partition coefficient (Wildman–Crippen LogP) is 0.929. The first-order valence-electron chi connectivity index (χ1n) is 5.64. The van der Waals surface area contributed by atoms with E-state index in [4.69, 9.17) is 5.11 Å². The molecule has 7 nitrogen and oxygen atoms in total. The maximum atomic E-state index is 11.6. The van der Waals surface area contributed by atoms with E-state index in [0.717, 1.165) is 16.6 Å². The van der Waals surface area contributed by atoms with Crippen LogP contribution in [0.1, 0.15) is 0 Å². The minimum atomic E-state index is -0.942. The quantitative estimate of drug-likeness (QED) is 0.770. The SMILES string of the molecule is CNC(=O)Cn1c(SCC(=O)O)nnc1-c1cccs1. The molecule has 1 amide bonds. The summed E-state index contributed by atoms with van der Waals surface area (Å²) in [6, 6.07) is 3.75. The number of carbonyl (C=O) groups is 2. The van der Waals surface area contributed by atoms with Crippen molar-refractivity contribution in [2.24, 2.45) is 0 Å². The Labute approximate surface area is 123 Å². The number of carbonyl (C=O) groups excluding carboxylic acids is 1. The number of aliphatic carboxylic acids is 1. The fraction of sp³-hybridized carbons (Fsp3) is 0.273. The van der Waals surface area contributed by atoms with Crippen LogP contribution in [0, 0.1) is 0 Å². The first-order chi connectivity index (χ1) is 9.61. The Morgan fingerprint density at radius 2 is 2.30 bits per heavy atom. The fourth-order valence-electron chi connectivity index (χ4n) is 1.48. The molecule has 0 fully saturated rings. The van der Waals surface area contributed by atoms with Gasteiger partial charge in [-0.3, -0.25) is 14.2 Å². The molecule has 0 spiro atoms. The second kappa shape index (κ2) is 6.53. The first kappa shape index (κ1) is 14.5. The van der Waals surface area contributed by atoms with Crippen LogP contribution in [-0.4, -0.2) is 44.5 Å². The van der Waals surface area contributed by atoms with Crippen LogP contribution < -0.4 is 5.32 Å². The second-order valence-corrected chi connectivity index (χ2v) is 5.62. The maximum absolute atomic E-state index is 11.6. The van der Waals surface area contributed by atoms with Gasteiger partial charge in [0.1, 0.15) is 6.54 Å². The van der Waals surface area contributed by atoms with Gasteiger partial charge in [0.15, 0.2) is 11.0 Å². The Kier molecular flexibility index (Phi) is 4.74. The molecule has 0 aliphatic heterocycles. The summed E-state index contributed by atoms with van der Waals surface area (Å²) in [5.74, 6) is -0.700. The molecule has 0 aromatic carbocycles. The molecule has 2 rings (SSSR count). The largest absolute Gasteiger partial charge is 0.481 e. The molecule has 2 aromatic rings. The predicted molar refractivity (Wildman–Crippen MR) is 75.8 cm³/mol. The number of amides is 1. The van der Waals surface area contributed by atoms with Gasteiger partial charge in [0.2, 0.25) is 5.91 Å². The summed E-state index contributed by atoms with van der Waals surface area (Å²) in [6.45, 7) is 0.0543. The third kappa shape index (κ3) is 3.36. The zero-order chi connectivity index (χ0) is 14.5. The van der Waals surface area contributed by atoms with Crippen LogP contribution in [0.2, 0.25) is 0 Å². The highest BCUT2D eigenvalue weighted by Crippen LogP contribution is 2.27.